The minimum Gasteiger partial charge on any atom is -0.459 e. The third kappa shape index (κ3) is 3.82. The Morgan fingerprint density at radius 2 is 1.88 bits per heavy atom. The van der Waals surface area contributed by atoms with E-state index in [2.05, 4.69) is 5.32 Å². The number of fused-ring (bicyclic) bond motifs is 1. The number of esters is 1. The average molecular weight is 439 g/mol. The minimum absolute atomic E-state index is 0.0913. The lowest BCUT2D eigenvalue weighted by molar-refractivity contribution is -0.384. The van der Waals surface area contributed by atoms with Crippen LogP contribution in [0.25, 0.3) is 0 Å². The second-order valence-electron chi connectivity index (χ2n) is 7.56. The Balaban J connectivity index is 1.79. The number of urea groups is 1. The quantitative estimate of drug-likeness (QED) is 0.427. The molecule has 0 aliphatic carbocycles. The zero-order valence-electron chi connectivity index (χ0n) is 17.7. The van der Waals surface area contributed by atoms with E-state index < -0.39 is 23.0 Å². The molecule has 0 fully saturated rings. The molecule has 1 atom stereocenters. The van der Waals surface area contributed by atoms with Crippen LogP contribution in [0, 0.1) is 10.1 Å². The fourth-order valence-corrected chi connectivity index (χ4v) is 3.66. The number of non-ortho nitro benzene ring substituents is 1. The lowest BCUT2D eigenvalue weighted by Gasteiger charge is -2.35. The number of carbonyl (C=O) groups excluding carboxylic acids is 2. The molecular formula is C22H21N3O7. The lowest BCUT2D eigenvalue weighted by Crippen LogP contribution is -2.48. The number of rotatable bonds is 5. The predicted octanol–water partition coefficient (Wildman–Crippen LogP) is 3.82. The molecule has 1 N–H and O–H groups in total. The Labute approximate surface area is 183 Å². The molecule has 2 amide bonds. The highest BCUT2D eigenvalue weighted by Gasteiger charge is 2.38. The number of carbonyl (C=O) groups is 2. The van der Waals surface area contributed by atoms with E-state index in [-0.39, 0.29) is 24.2 Å². The van der Waals surface area contributed by atoms with Gasteiger partial charge in [0.1, 0.15) is 0 Å². The van der Waals surface area contributed by atoms with Crippen molar-refractivity contribution in [1.82, 2.24) is 5.32 Å². The molecule has 2 aromatic carbocycles. The molecule has 2 aliphatic rings. The van der Waals surface area contributed by atoms with E-state index in [1.54, 1.807) is 39.0 Å². The number of ether oxygens (including phenoxy) is 3. The van der Waals surface area contributed by atoms with Gasteiger partial charge in [0.2, 0.25) is 6.79 Å². The van der Waals surface area contributed by atoms with Crippen molar-refractivity contribution in [1.29, 1.82) is 0 Å². The van der Waals surface area contributed by atoms with Crippen molar-refractivity contribution in [2.75, 3.05) is 11.7 Å². The summed E-state index contributed by atoms with van der Waals surface area (Å²) in [4.78, 5) is 38.0. The van der Waals surface area contributed by atoms with Gasteiger partial charge in [-0.25, -0.2) is 9.59 Å². The van der Waals surface area contributed by atoms with Crippen LogP contribution in [0.3, 0.4) is 0 Å². The SMILES string of the molecule is CC1=C(C(=O)OC(C)C)C(c2ccc([N+](=O)[O-])cc2)NC(=O)N1c1ccc2c(c1)OCO2. The molecule has 0 aromatic heterocycles. The normalized spacial score (nSPS) is 17.4. The van der Waals surface area contributed by atoms with Gasteiger partial charge in [-0.3, -0.25) is 15.0 Å². The first-order valence-corrected chi connectivity index (χ1v) is 9.92. The first-order valence-electron chi connectivity index (χ1n) is 9.92. The molecule has 2 aromatic rings. The fraction of sp³-hybridized carbons (Fsp3) is 0.273. The van der Waals surface area contributed by atoms with Crippen LogP contribution in [0.2, 0.25) is 0 Å². The molecule has 0 saturated carbocycles. The van der Waals surface area contributed by atoms with Crippen molar-refractivity contribution in [2.24, 2.45) is 0 Å². The monoisotopic (exact) mass is 439 g/mol. The molecule has 1 unspecified atom stereocenters. The molecule has 0 bridgehead atoms. The molecule has 0 radical (unpaired) electrons. The first-order chi connectivity index (χ1) is 15.3. The van der Waals surface area contributed by atoms with Gasteiger partial charge >= 0.3 is 12.0 Å². The number of nitro benzene ring substituents is 1. The smallest absolute Gasteiger partial charge is 0.338 e. The number of nitrogens with zero attached hydrogens (tertiary/aromatic N) is 2. The second-order valence-corrected chi connectivity index (χ2v) is 7.56. The molecule has 4 rings (SSSR count). The highest BCUT2D eigenvalue weighted by atomic mass is 16.7. The molecule has 2 aliphatic heterocycles. The first kappa shape index (κ1) is 21.2. The van der Waals surface area contributed by atoms with Gasteiger partial charge in [-0.2, -0.15) is 0 Å². The maximum absolute atomic E-state index is 13.1. The zero-order valence-corrected chi connectivity index (χ0v) is 17.7. The maximum Gasteiger partial charge on any atom is 0.338 e. The topological polar surface area (TPSA) is 120 Å². The Hall–Kier alpha value is -4.08. The summed E-state index contributed by atoms with van der Waals surface area (Å²) in [6.07, 6.45) is -0.378. The maximum atomic E-state index is 13.1. The van der Waals surface area contributed by atoms with Crippen molar-refractivity contribution in [3.63, 3.8) is 0 Å². The summed E-state index contributed by atoms with van der Waals surface area (Å²) < 4.78 is 16.2. The Kier molecular flexibility index (Phi) is 5.43. The fourth-order valence-electron chi connectivity index (χ4n) is 3.66. The van der Waals surface area contributed by atoms with Gasteiger partial charge in [-0.1, -0.05) is 0 Å². The van der Waals surface area contributed by atoms with Crippen molar-refractivity contribution < 1.29 is 28.7 Å². The summed E-state index contributed by atoms with van der Waals surface area (Å²) in [5, 5.41) is 13.8. The largest absolute Gasteiger partial charge is 0.459 e. The Morgan fingerprint density at radius 3 is 2.53 bits per heavy atom. The number of nitro groups is 1. The van der Waals surface area contributed by atoms with Crippen molar-refractivity contribution in [2.45, 2.75) is 32.9 Å². The van der Waals surface area contributed by atoms with Gasteiger partial charge in [-0.05, 0) is 50.6 Å². The molecule has 32 heavy (non-hydrogen) atoms. The number of nitrogens with one attached hydrogen (secondary N) is 1. The van der Waals surface area contributed by atoms with Gasteiger partial charge in [0.25, 0.3) is 5.69 Å². The zero-order chi connectivity index (χ0) is 23.0. The summed E-state index contributed by atoms with van der Waals surface area (Å²) in [5.74, 6) is 0.467. The van der Waals surface area contributed by atoms with E-state index >= 15 is 0 Å². The van der Waals surface area contributed by atoms with Crippen molar-refractivity contribution in [3.8, 4) is 11.5 Å². The average Bonchev–Trinajstić information content (AvgIpc) is 3.20. The highest BCUT2D eigenvalue weighted by molar-refractivity contribution is 6.03. The predicted molar refractivity (Wildman–Crippen MR) is 113 cm³/mol. The number of hydrogen-bond acceptors (Lipinski definition) is 7. The Morgan fingerprint density at radius 1 is 1.19 bits per heavy atom. The van der Waals surface area contributed by atoms with Crippen molar-refractivity contribution >= 4 is 23.4 Å². The number of benzene rings is 2. The Bertz CT molecular complexity index is 1120. The molecular weight excluding hydrogens is 418 g/mol. The molecule has 166 valence electrons. The molecule has 0 saturated heterocycles. The standard InChI is InChI=1S/C22H21N3O7/c1-12(2)32-21(26)19-13(3)24(16-8-9-17-18(10-16)31-11-30-17)22(27)23-20(19)14-4-6-15(7-5-14)25(28)29/h4-10,12,20H,11H2,1-3H3,(H,23,27). The van der Waals surface area contributed by atoms with Crippen LogP contribution in [0.4, 0.5) is 16.2 Å². The minimum atomic E-state index is -0.834. The third-order valence-electron chi connectivity index (χ3n) is 5.10. The van der Waals surface area contributed by atoms with Gasteiger partial charge in [0.15, 0.2) is 11.5 Å². The van der Waals surface area contributed by atoms with E-state index in [4.69, 9.17) is 14.2 Å². The van der Waals surface area contributed by atoms with Crippen LogP contribution in [0.1, 0.15) is 32.4 Å². The van der Waals surface area contributed by atoms with Gasteiger partial charge in [0, 0.05) is 23.9 Å². The summed E-state index contributed by atoms with van der Waals surface area (Å²) in [5.41, 5.74) is 1.52. The number of hydrogen-bond donors (Lipinski definition) is 1. The van der Waals surface area contributed by atoms with Crippen LogP contribution in [-0.4, -0.2) is 29.8 Å². The lowest BCUT2D eigenvalue weighted by atomic mass is 9.94. The van der Waals surface area contributed by atoms with Gasteiger partial charge < -0.3 is 19.5 Å². The molecule has 2 heterocycles. The summed E-state index contributed by atoms with van der Waals surface area (Å²) in [7, 11) is 0. The second kappa shape index (κ2) is 8.22. The van der Waals surface area contributed by atoms with Gasteiger partial charge in [-0.15, -0.1) is 0 Å². The highest BCUT2D eigenvalue weighted by Crippen LogP contribution is 2.39. The molecule has 0 spiro atoms. The van der Waals surface area contributed by atoms with Crippen LogP contribution in [0.15, 0.2) is 53.7 Å². The molecule has 10 nitrogen and oxygen atoms in total. The number of amides is 2. The van der Waals surface area contributed by atoms with Crippen LogP contribution >= 0.6 is 0 Å². The van der Waals surface area contributed by atoms with Crippen LogP contribution < -0.4 is 19.7 Å². The van der Waals surface area contributed by atoms with E-state index in [1.165, 1.54) is 29.2 Å². The summed E-state index contributed by atoms with van der Waals surface area (Å²) in [6.45, 7) is 5.20. The van der Waals surface area contributed by atoms with E-state index in [0.717, 1.165) is 0 Å². The molecule has 10 heteroatoms. The number of anilines is 1. The number of allylic oxidation sites excluding steroid dienone is 1. The third-order valence-corrected chi connectivity index (χ3v) is 5.10. The van der Waals surface area contributed by atoms with E-state index in [9.17, 15) is 19.7 Å². The van der Waals surface area contributed by atoms with Crippen LogP contribution in [0.5, 0.6) is 11.5 Å². The summed E-state index contributed by atoms with van der Waals surface area (Å²) in [6, 6.07) is 9.40. The van der Waals surface area contributed by atoms with Crippen molar-refractivity contribution in [3.05, 3.63) is 69.4 Å². The summed E-state index contributed by atoms with van der Waals surface area (Å²) >= 11 is 0. The van der Waals surface area contributed by atoms with E-state index in [1.807, 2.05) is 0 Å². The van der Waals surface area contributed by atoms with Crippen LogP contribution in [-0.2, 0) is 9.53 Å². The van der Waals surface area contributed by atoms with E-state index in [0.29, 0.717) is 28.4 Å². The van der Waals surface area contributed by atoms with Gasteiger partial charge in [0.05, 0.1) is 28.3 Å².